The normalized spacial score (nSPS) is 17.6. The predicted octanol–water partition coefficient (Wildman–Crippen LogP) is 4.14. The third kappa shape index (κ3) is 2.54. The van der Waals surface area contributed by atoms with E-state index < -0.39 is 0 Å². The van der Waals surface area contributed by atoms with E-state index in [1.165, 1.54) is 24.0 Å². The summed E-state index contributed by atoms with van der Waals surface area (Å²) in [7, 11) is 0. The smallest absolute Gasteiger partial charge is 0.183 e. The summed E-state index contributed by atoms with van der Waals surface area (Å²) in [5.74, 6) is 0.335. The van der Waals surface area contributed by atoms with Crippen LogP contribution in [-0.4, -0.2) is 29.3 Å². The third-order valence-electron chi connectivity index (χ3n) is 4.99. The molecule has 2 nitrogen and oxygen atoms in total. The molecule has 0 N–H and O–H groups in total. The minimum atomic E-state index is -0.245. The van der Waals surface area contributed by atoms with Gasteiger partial charge in [0.2, 0.25) is 0 Å². The first-order valence-corrected chi connectivity index (χ1v) is 7.92. The Hall–Kier alpha value is -1.15. The van der Waals surface area contributed by atoms with Crippen LogP contribution in [0.4, 0.5) is 0 Å². The first-order chi connectivity index (χ1) is 9.55. The van der Waals surface area contributed by atoms with Gasteiger partial charge in [-0.15, -0.1) is 0 Å². The van der Waals surface area contributed by atoms with E-state index in [1.807, 2.05) is 6.07 Å². The quantitative estimate of drug-likeness (QED) is 0.751. The second-order valence-electron chi connectivity index (χ2n) is 6.04. The highest BCUT2D eigenvalue weighted by Crippen LogP contribution is 2.38. The van der Waals surface area contributed by atoms with Gasteiger partial charge in [0.1, 0.15) is 0 Å². The lowest BCUT2D eigenvalue weighted by atomic mass is 9.85. The highest BCUT2D eigenvalue weighted by molar-refractivity contribution is 6.03. The molecule has 0 radical (unpaired) electrons. The van der Waals surface area contributed by atoms with E-state index in [4.69, 9.17) is 0 Å². The molecule has 1 aromatic carbocycles. The number of carbonyl (C=O) groups is 1. The fourth-order valence-corrected chi connectivity index (χ4v) is 3.63. The Morgan fingerprint density at radius 3 is 2.20 bits per heavy atom. The summed E-state index contributed by atoms with van der Waals surface area (Å²) in [5.41, 5.74) is 3.11. The predicted molar refractivity (Wildman–Crippen MR) is 84.4 cm³/mol. The topological polar surface area (TPSA) is 20.3 Å². The van der Waals surface area contributed by atoms with Crippen LogP contribution in [0, 0.1) is 13.8 Å². The fourth-order valence-electron chi connectivity index (χ4n) is 3.63. The minimum Gasteiger partial charge on any atom is -0.292 e. The van der Waals surface area contributed by atoms with Gasteiger partial charge in [0.05, 0.1) is 5.54 Å². The molecule has 0 spiro atoms. The number of rotatable bonds is 5. The van der Waals surface area contributed by atoms with E-state index in [9.17, 15) is 4.79 Å². The van der Waals surface area contributed by atoms with Gasteiger partial charge in [-0.3, -0.25) is 9.69 Å². The van der Waals surface area contributed by atoms with Crippen molar-refractivity contribution in [1.82, 2.24) is 4.90 Å². The van der Waals surface area contributed by atoms with Crippen LogP contribution in [0.2, 0.25) is 0 Å². The number of likely N-dealkylation sites (N-methyl/N-ethyl adjacent to an activating group) is 1. The summed E-state index contributed by atoms with van der Waals surface area (Å²) in [6.45, 7) is 10.4. The Kier molecular flexibility index (Phi) is 4.64. The molecule has 20 heavy (non-hydrogen) atoms. The maximum Gasteiger partial charge on any atom is 0.183 e. The van der Waals surface area contributed by atoms with Gasteiger partial charge >= 0.3 is 0 Å². The van der Waals surface area contributed by atoms with Gasteiger partial charge in [-0.25, -0.2) is 0 Å². The van der Waals surface area contributed by atoms with E-state index in [1.54, 1.807) is 0 Å². The highest BCUT2D eigenvalue weighted by atomic mass is 16.1. The van der Waals surface area contributed by atoms with Crippen LogP contribution >= 0.6 is 0 Å². The van der Waals surface area contributed by atoms with Crippen LogP contribution in [0.25, 0.3) is 0 Å². The summed E-state index contributed by atoms with van der Waals surface area (Å²) in [6.07, 6.45) is 4.38. The number of nitrogens with zero attached hydrogens (tertiary/aromatic N) is 1. The highest BCUT2D eigenvalue weighted by Gasteiger charge is 2.44. The zero-order valence-electron chi connectivity index (χ0n) is 13.3. The Balaban J connectivity index is 2.38. The standard InChI is InChI=1S/C18H27NO/c1-5-19(6-2)18(11-7-8-12-18)17(20)16-10-9-14(3)15(4)13-16/h9-10,13H,5-8,11-12H2,1-4H3. The van der Waals surface area contributed by atoms with E-state index in [0.29, 0.717) is 5.78 Å². The average Bonchev–Trinajstić information content (AvgIpc) is 2.93. The van der Waals surface area contributed by atoms with Crippen molar-refractivity contribution in [3.05, 3.63) is 34.9 Å². The molecule has 1 aromatic rings. The van der Waals surface area contributed by atoms with Gasteiger partial charge in [0, 0.05) is 5.56 Å². The number of hydrogen-bond donors (Lipinski definition) is 0. The van der Waals surface area contributed by atoms with Crippen LogP contribution in [0.15, 0.2) is 18.2 Å². The monoisotopic (exact) mass is 273 g/mol. The van der Waals surface area contributed by atoms with E-state index >= 15 is 0 Å². The van der Waals surface area contributed by atoms with E-state index in [-0.39, 0.29) is 5.54 Å². The molecule has 0 aliphatic heterocycles. The molecule has 1 fully saturated rings. The summed E-state index contributed by atoms with van der Waals surface area (Å²) in [5, 5.41) is 0. The average molecular weight is 273 g/mol. The molecule has 110 valence electrons. The summed E-state index contributed by atoms with van der Waals surface area (Å²) in [6, 6.07) is 6.16. The summed E-state index contributed by atoms with van der Waals surface area (Å²) in [4.78, 5) is 15.5. The van der Waals surface area contributed by atoms with Crippen LogP contribution < -0.4 is 0 Å². The molecule has 1 aliphatic rings. The second-order valence-corrected chi connectivity index (χ2v) is 6.04. The summed E-state index contributed by atoms with van der Waals surface area (Å²) >= 11 is 0. The molecule has 2 heteroatoms. The zero-order valence-corrected chi connectivity index (χ0v) is 13.3. The number of Topliss-reactive ketones (excluding diaryl/α,β-unsaturated/α-hetero) is 1. The lowest BCUT2D eigenvalue weighted by Crippen LogP contribution is -2.52. The first-order valence-electron chi connectivity index (χ1n) is 7.92. The number of carbonyl (C=O) groups excluding carboxylic acids is 1. The van der Waals surface area contributed by atoms with Crippen molar-refractivity contribution in [1.29, 1.82) is 0 Å². The van der Waals surface area contributed by atoms with Crippen molar-refractivity contribution in [3.8, 4) is 0 Å². The third-order valence-corrected chi connectivity index (χ3v) is 4.99. The van der Waals surface area contributed by atoms with Crippen LogP contribution in [0.5, 0.6) is 0 Å². The Morgan fingerprint density at radius 2 is 1.70 bits per heavy atom. The maximum absolute atomic E-state index is 13.2. The largest absolute Gasteiger partial charge is 0.292 e. The summed E-state index contributed by atoms with van der Waals surface area (Å²) < 4.78 is 0. The van der Waals surface area contributed by atoms with Crippen LogP contribution in [-0.2, 0) is 0 Å². The number of benzene rings is 1. The van der Waals surface area contributed by atoms with Crippen molar-refractivity contribution in [2.75, 3.05) is 13.1 Å². The molecule has 1 saturated carbocycles. The fraction of sp³-hybridized carbons (Fsp3) is 0.611. The van der Waals surface area contributed by atoms with Crippen molar-refractivity contribution < 1.29 is 4.79 Å². The second kappa shape index (κ2) is 6.09. The van der Waals surface area contributed by atoms with Crippen LogP contribution in [0.1, 0.15) is 61.0 Å². The minimum absolute atomic E-state index is 0.245. The first kappa shape index (κ1) is 15.2. The molecule has 0 saturated heterocycles. The van der Waals surface area contributed by atoms with Crippen molar-refractivity contribution in [2.45, 2.75) is 58.9 Å². The van der Waals surface area contributed by atoms with Gasteiger partial charge in [-0.1, -0.05) is 38.8 Å². The Morgan fingerprint density at radius 1 is 1.10 bits per heavy atom. The lowest BCUT2D eigenvalue weighted by Gasteiger charge is -2.39. The van der Waals surface area contributed by atoms with Gasteiger partial charge < -0.3 is 0 Å². The molecular formula is C18H27NO. The van der Waals surface area contributed by atoms with Gasteiger partial charge in [-0.05, 0) is 57.0 Å². The number of aryl methyl sites for hydroxylation is 2. The van der Waals surface area contributed by atoms with E-state index in [0.717, 1.165) is 31.5 Å². The molecule has 0 amide bonds. The molecule has 2 rings (SSSR count). The lowest BCUT2D eigenvalue weighted by molar-refractivity contribution is 0.0584. The molecule has 0 unspecified atom stereocenters. The SMILES string of the molecule is CCN(CC)C1(C(=O)c2ccc(C)c(C)c2)CCCC1. The molecule has 1 aliphatic carbocycles. The van der Waals surface area contributed by atoms with Crippen LogP contribution in [0.3, 0.4) is 0 Å². The van der Waals surface area contributed by atoms with E-state index in [2.05, 4.69) is 44.7 Å². The molecular weight excluding hydrogens is 246 g/mol. The Labute approximate surface area is 123 Å². The van der Waals surface area contributed by atoms with Crippen molar-refractivity contribution in [2.24, 2.45) is 0 Å². The van der Waals surface area contributed by atoms with Crippen molar-refractivity contribution in [3.63, 3.8) is 0 Å². The van der Waals surface area contributed by atoms with Gasteiger partial charge in [0.15, 0.2) is 5.78 Å². The van der Waals surface area contributed by atoms with Crippen molar-refractivity contribution >= 4 is 5.78 Å². The Bertz CT molecular complexity index is 482. The van der Waals surface area contributed by atoms with Gasteiger partial charge in [0.25, 0.3) is 0 Å². The molecule has 0 atom stereocenters. The number of ketones is 1. The number of hydrogen-bond acceptors (Lipinski definition) is 2. The van der Waals surface area contributed by atoms with Gasteiger partial charge in [-0.2, -0.15) is 0 Å². The molecule has 0 heterocycles. The molecule has 0 aromatic heterocycles. The molecule has 0 bridgehead atoms. The zero-order chi connectivity index (χ0) is 14.8. The maximum atomic E-state index is 13.2.